The van der Waals surface area contributed by atoms with E-state index in [0.717, 1.165) is 27.9 Å². The predicted molar refractivity (Wildman–Crippen MR) is 182 cm³/mol. The van der Waals surface area contributed by atoms with Crippen molar-refractivity contribution in [3.63, 3.8) is 0 Å². The number of carbonyl (C=O) groups is 1. The summed E-state index contributed by atoms with van der Waals surface area (Å²) in [6.45, 7) is 1.53. The summed E-state index contributed by atoms with van der Waals surface area (Å²) in [4.78, 5) is 47.3. The van der Waals surface area contributed by atoms with Gasteiger partial charge in [0.1, 0.15) is 17.3 Å². The minimum atomic E-state index is -4.44. The number of hydrogen-bond acceptors (Lipinski definition) is 9. The highest BCUT2D eigenvalue weighted by Gasteiger charge is 2.35. The lowest BCUT2D eigenvalue weighted by Crippen LogP contribution is -2.49. The summed E-state index contributed by atoms with van der Waals surface area (Å²) in [6, 6.07) is 21.3. The van der Waals surface area contributed by atoms with Crippen LogP contribution in [0.15, 0.2) is 105 Å². The lowest BCUT2D eigenvalue weighted by Gasteiger charge is -2.22. The zero-order valence-corrected chi connectivity index (χ0v) is 27.2. The van der Waals surface area contributed by atoms with E-state index < -0.39 is 32.1 Å². The molecule has 2 heterocycles. The Morgan fingerprint density at radius 3 is 2.25 bits per heavy atom. The molecular weight excluding hydrogens is 683 g/mol. The van der Waals surface area contributed by atoms with Crippen LogP contribution < -0.4 is 20.0 Å². The molecule has 16 heteroatoms. The predicted octanol–water partition coefficient (Wildman–Crippen LogP) is 5.70. The highest BCUT2D eigenvalue weighted by Crippen LogP contribution is 2.36. The lowest BCUT2D eigenvalue weighted by molar-refractivity contribution is -0.384. The molecular formula is C32H22Cl2N6O7S. The number of methoxy groups -OCH3 is 1. The van der Waals surface area contributed by atoms with Crippen LogP contribution in [-0.4, -0.2) is 41.9 Å². The van der Waals surface area contributed by atoms with Gasteiger partial charge in [-0.2, -0.15) is 9.69 Å². The number of halogens is 2. The Kier molecular flexibility index (Phi) is 8.47. The molecule has 0 radical (unpaired) electrons. The Hall–Kier alpha value is -5.57. The molecule has 1 aromatic heterocycles. The number of nitrogens with zero attached hydrogens (tertiary/aromatic N) is 5. The molecule has 48 heavy (non-hydrogen) atoms. The third-order valence-electron chi connectivity index (χ3n) is 7.25. The van der Waals surface area contributed by atoms with Crippen LogP contribution in [0.4, 0.5) is 11.4 Å². The summed E-state index contributed by atoms with van der Waals surface area (Å²) in [5.74, 6) is 0.293. The van der Waals surface area contributed by atoms with Gasteiger partial charge >= 0.3 is 0 Å². The van der Waals surface area contributed by atoms with Gasteiger partial charge < -0.3 is 4.74 Å². The number of aryl methyl sites for hydroxylation is 1. The first-order valence-corrected chi connectivity index (χ1v) is 16.2. The van der Waals surface area contributed by atoms with Crippen LogP contribution in [-0.2, 0) is 14.8 Å². The molecule has 1 aliphatic rings. The number of anilines is 1. The van der Waals surface area contributed by atoms with Crippen LogP contribution in [0.25, 0.3) is 17.0 Å². The molecule has 1 amide bonds. The lowest BCUT2D eigenvalue weighted by atomic mass is 10.2. The van der Waals surface area contributed by atoms with Gasteiger partial charge in [-0.05, 0) is 48.9 Å². The van der Waals surface area contributed by atoms with Crippen LogP contribution in [0.5, 0.6) is 5.75 Å². The van der Waals surface area contributed by atoms with E-state index in [-0.39, 0.29) is 48.9 Å². The van der Waals surface area contributed by atoms with E-state index in [2.05, 4.69) is 14.7 Å². The Morgan fingerprint density at radius 1 is 0.958 bits per heavy atom. The van der Waals surface area contributed by atoms with Crippen molar-refractivity contribution in [2.24, 2.45) is 4.99 Å². The summed E-state index contributed by atoms with van der Waals surface area (Å²) in [7, 11) is -2.90. The van der Waals surface area contributed by atoms with Crippen LogP contribution >= 0.6 is 23.2 Å². The SMILES string of the molecule is COc1ccc(C=C2N=C(c3ccccc3)N(n3c(C)nc4ccc(S(=O)(=O)Nc5c(Cl)cc([N+](=O)[O-])cc5Cl)cc4c3=O)C2=O)cc1. The number of rotatable bonds is 8. The zero-order valence-electron chi connectivity index (χ0n) is 24.9. The number of nitro groups is 1. The number of amidine groups is 1. The van der Waals surface area contributed by atoms with E-state index in [1.54, 1.807) is 67.8 Å². The number of nitro benzene ring substituents is 1. The average molecular weight is 706 g/mol. The van der Waals surface area contributed by atoms with E-state index in [1.165, 1.54) is 19.1 Å². The zero-order chi connectivity index (χ0) is 34.3. The third-order valence-corrected chi connectivity index (χ3v) is 9.20. The third kappa shape index (κ3) is 5.99. The fourth-order valence-corrected chi connectivity index (χ4v) is 6.76. The van der Waals surface area contributed by atoms with Crippen molar-refractivity contribution in [3.05, 3.63) is 138 Å². The summed E-state index contributed by atoms with van der Waals surface area (Å²) in [6.07, 6.45) is 1.57. The molecule has 0 fully saturated rings. The van der Waals surface area contributed by atoms with Crippen molar-refractivity contribution in [1.29, 1.82) is 0 Å². The molecule has 1 aliphatic heterocycles. The number of hydrogen-bond donors (Lipinski definition) is 1. The summed E-state index contributed by atoms with van der Waals surface area (Å²) in [5.41, 5.74) is -0.0610. The number of amides is 1. The molecule has 0 atom stereocenters. The van der Waals surface area contributed by atoms with Crippen LogP contribution in [0, 0.1) is 17.0 Å². The van der Waals surface area contributed by atoms with Gasteiger partial charge in [-0.3, -0.25) is 24.4 Å². The maximum atomic E-state index is 14.2. The van der Waals surface area contributed by atoms with Gasteiger partial charge in [-0.25, -0.2) is 18.4 Å². The van der Waals surface area contributed by atoms with Crippen molar-refractivity contribution in [2.45, 2.75) is 11.8 Å². The number of ether oxygens (including phenoxy) is 1. The minimum absolute atomic E-state index is 0.0443. The molecule has 0 bridgehead atoms. The van der Waals surface area contributed by atoms with Gasteiger partial charge in [0.15, 0.2) is 5.84 Å². The largest absolute Gasteiger partial charge is 0.497 e. The van der Waals surface area contributed by atoms with E-state index in [9.17, 15) is 28.1 Å². The molecule has 0 aliphatic carbocycles. The Bertz CT molecular complexity index is 2360. The second-order valence-electron chi connectivity index (χ2n) is 10.3. The van der Waals surface area contributed by atoms with Crippen molar-refractivity contribution >= 4 is 73.3 Å². The topological polar surface area (TPSA) is 166 Å². The number of aromatic nitrogens is 2. The maximum absolute atomic E-state index is 14.2. The first kappa shape index (κ1) is 32.4. The molecule has 0 saturated heterocycles. The number of non-ortho nitro benzene ring substituents is 1. The second kappa shape index (κ2) is 12.6. The molecule has 242 valence electrons. The molecule has 0 saturated carbocycles. The first-order valence-electron chi connectivity index (χ1n) is 13.9. The molecule has 0 spiro atoms. The summed E-state index contributed by atoms with van der Waals surface area (Å²) in [5, 5.41) is 11.5. The van der Waals surface area contributed by atoms with E-state index in [1.807, 2.05) is 0 Å². The summed E-state index contributed by atoms with van der Waals surface area (Å²) >= 11 is 12.2. The van der Waals surface area contributed by atoms with Crippen LogP contribution in [0.1, 0.15) is 17.0 Å². The van der Waals surface area contributed by atoms with Gasteiger partial charge in [-0.1, -0.05) is 65.7 Å². The number of sulfonamides is 1. The number of fused-ring (bicyclic) bond motifs is 1. The molecule has 13 nitrogen and oxygen atoms in total. The second-order valence-corrected chi connectivity index (χ2v) is 12.8. The maximum Gasteiger partial charge on any atom is 0.297 e. The monoisotopic (exact) mass is 704 g/mol. The van der Waals surface area contributed by atoms with Gasteiger partial charge in [0.2, 0.25) is 0 Å². The van der Waals surface area contributed by atoms with Gasteiger partial charge in [0.05, 0.1) is 43.6 Å². The minimum Gasteiger partial charge on any atom is -0.497 e. The van der Waals surface area contributed by atoms with Crippen LogP contribution in [0.3, 0.4) is 0 Å². The van der Waals surface area contributed by atoms with E-state index in [4.69, 9.17) is 27.9 Å². The normalized spacial score (nSPS) is 14.0. The van der Waals surface area contributed by atoms with E-state index >= 15 is 0 Å². The Balaban J connectivity index is 1.45. The molecule has 6 rings (SSSR count). The molecule has 1 N–H and O–H groups in total. The smallest absolute Gasteiger partial charge is 0.297 e. The number of benzene rings is 4. The molecule has 0 unspecified atom stereocenters. The fourth-order valence-electron chi connectivity index (χ4n) is 4.95. The number of aliphatic imine (C=N–C) groups is 1. The number of nitrogens with one attached hydrogen (secondary N) is 1. The van der Waals surface area contributed by atoms with Crippen molar-refractivity contribution in [3.8, 4) is 5.75 Å². The van der Waals surface area contributed by atoms with Crippen LogP contribution in [0.2, 0.25) is 10.0 Å². The average Bonchev–Trinajstić information content (AvgIpc) is 3.38. The standard InChI is InChI=1S/C32H22Cl2N6O7S/c1-18-35-27-13-12-23(48(45,46)37-29-25(33)15-21(40(43)44)16-26(29)34)17-24(27)31(41)38(18)39-30(20-6-4-3-5-7-20)36-28(32(39)42)14-19-8-10-22(47-2)11-9-19/h3-17,37H,1-2H3. The van der Waals surface area contributed by atoms with Gasteiger partial charge in [-0.15, -0.1) is 0 Å². The van der Waals surface area contributed by atoms with Gasteiger partial charge in [0.25, 0.3) is 27.2 Å². The highest BCUT2D eigenvalue weighted by atomic mass is 35.5. The molecule has 4 aromatic carbocycles. The quantitative estimate of drug-likeness (QED) is 0.122. The fraction of sp³-hybridized carbons (Fsp3) is 0.0625. The summed E-state index contributed by atoms with van der Waals surface area (Å²) < 4.78 is 35.4. The van der Waals surface area contributed by atoms with Crippen molar-refractivity contribution in [2.75, 3.05) is 16.8 Å². The Labute approximate surface area is 282 Å². The van der Waals surface area contributed by atoms with Crippen molar-refractivity contribution in [1.82, 2.24) is 9.66 Å². The number of carbonyl (C=O) groups excluding carboxylic acids is 1. The Morgan fingerprint density at radius 2 is 1.62 bits per heavy atom. The van der Waals surface area contributed by atoms with Gasteiger partial charge in [0, 0.05) is 17.7 Å². The first-order chi connectivity index (χ1) is 22.9. The molecule has 5 aromatic rings. The van der Waals surface area contributed by atoms with Crippen molar-refractivity contribution < 1.29 is 22.9 Å². The highest BCUT2D eigenvalue weighted by molar-refractivity contribution is 7.92. The van der Waals surface area contributed by atoms with E-state index in [0.29, 0.717) is 16.9 Å².